The van der Waals surface area contributed by atoms with Crippen LogP contribution in [0.15, 0.2) is 42.9 Å². The first-order valence-corrected chi connectivity index (χ1v) is 18.1. The van der Waals surface area contributed by atoms with Crippen LogP contribution in [0.25, 0.3) is 11.4 Å². The number of likely N-dealkylation sites (tertiary alicyclic amines) is 1. The Morgan fingerprint density at radius 3 is 2.37 bits per heavy atom. The Labute approximate surface area is 297 Å². The highest BCUT2D eigenvalue weighted by molar-refractivity contribution is 7.91. The molecule has 17 nitrogen and oxygen atoms in total. The van der Waals surface area contributed by atoms with Gasteiger partial charge in [-0.15, -0.1) is 10.2 Å². The number of ether oxygens (including phenoxy) is 1. The van der Waals surface area contributed by atoms with Crippen LogP contribution in [-0.2, 0) is 24.4 Å². The summed E-state index contributed by atoms with van der Waals surface area (Å²) in [6, 6.07) is 3.48. The summed E-state index contributed by atoms with van der Waals surface area (Å²) in [5.41, 5.74) is -2.60. The number of methoxy groups -OCH3 is 1. The Balaban J connectivity index is 1.30. The molecule has 20 heteroatoms. The monoisotopic (exact) mass is 744 g/mol. The molecule has 6 rings (SSSR count). The number of rotatable bonds is 12. The minimum Gasteiger partial charge on any atom is -0.497 e. The van der Waals surface area contributed by atoms with Gasteiger partial charge in [0.25, 0.3) is 11.8 Å². The molecule has 1 unspecified atom stereocenters. The molecule has 52 heavy (non-hydrogen) atoms. The number of nitrogens with zero attached hydrogens (tertiary/aromatic N) is 7. The maximum Gasteiger partial charge on any atom is 0.272 e. The zero-order chi connectivity index (χ0) is 37.6. The molecule has 1 saturated heterocycles. The molecule has 3 fully saturated rings. The number of carbonyl (C=O) groups is 4. The molecule has 0 radical (unpaired) electrons. The standard InChI is InChI=1S/C32H38F2N10O7S/c1-31(2,3)24(37-27(45)22-15-35-11-12-36-22)29(47)43-16-18(44-40-26(39-42-44)17-5-7-19(51-4)8-6-17)13-23(43)28(46)38-32(14-21(32)25(33)34)30(48)41-52(49,50)20-9-10-20/h5-8,11-12,15,18,20-21,23-25H,9-10,13-14,16H2,1-4H3,(H,37,45)(H,38,46)(H,41,48)/t18-,21+,23?,24-,32-/m1/s1. The van der Waals surface area contributed by atoms with Crippen LogP contribution in [0.2, 0.25) is 0 Å². The van der Waals surface area contributed by atoms with E-state index in [0.29, 0.717) is 24.2 Å². The Morgan fingerprint density at radius 2 is 1.79 bits per heavy atom. The van der Waals surface area contributed by atoms with Gasteiger partial charge in [-0.1, -0.05) is 20.8 Å². The molecule has 2 saturated carbocycles. The van der Waals surface area contributed by atoms with Gasteiger partial charge >= 0.3 is 0 Å². The van der Waals surface area contributed by atoms with E-state index in [4.69, 9.17) is 4.74 Å². The smallest absolute Gasteiger partial charge is 0.272 e. The zero-order valence-corrected chi connectivity index (χ0v) is 29.5. The number of amides is 4. The Morgan fingerprint density at radius 1 is 1.08 bits per heavy atom. The topological polar surface area (TPSA) is 220 Å². The lowest BCUT2D eigenvalue weighted by molar-refractivity contribution is -0.142. The van der Waals surface area contributed by atoms with Gasteiger partial charge in [-0.25, -0.2) is 22.2 Å². The molecule has 3 heterocycles. The Hall–Kier alpha value is -5.14. The van der Waals surface area contributed by atoms with Gasteiger partial charge in [0.05, 0.1) is 30.5 Å². The molecular formula is C32H38F2N10O7S. The summed E-state index contributed by atoms with van der Waals surface area (Å²) >= 11 is 0. The van der Waals surface area contributed by atoms with E-state index in [1.807, 2.05) is 4.72 Å². The van der Waals surface area contributed by atoms with Crippen LogP contribution in [0, 0.1) is 11.3 Å². The largest absolute Gasteiger partial charge is 0.497 e. The van der Waals surface area contributed by atoms with Crippen molar-refractivity contribution in [1.82, 2.24) is 50.4 Å². The highest BCUT2D eigenvalue weighted by Gasteiger charge is 2.66. The quantitative estimate of drug-likeness (QED) is 0.235. The van der Waals surface area contributed by atoms with E-state index in [-0.39, 0.29) is 24.5 Å². The van der Waals surface area contributed by atoms with Gasteiger partial charge < -0.3 is 20.3 Å². The summed E-state index contributed by atoms with van der Waals surface area (Å²) in [6.45, 7) is 4.93. The van der Waals surface area contributed by atoms with E-state index in [1.54, 1.807) is 45.0 Å². The van der Waals surface area contributed by atoms with Crippen LogP contribution < -0.4 is 20.1 Å². The number of tetrazole rings is 1. The van der Waals surface area contributed by atoms with Gasteiger partial charge in [-0.3, -0.25) is 28.9 Å². The molecule has 3 aliphatic rings. The van der Waals surface area contributed by atoms with Gasteiger partial charge in [0.15, 0.2) is 0 Å². The number of hydrogen-bond acceptors (Lipinski definition) is 12. The first kappa shape index (κ1) is 36.6. The number of carbonyl (C=O) groups excluding carboxylic acids is 4. The number of hydrogen-bond donors (Lipinski definition) is 3. The van der Waals surface area contributed by atoms with Crippen molar-refractivity contribution in [3.8, 4) is 17.1 Å². The third-order valence-corrected chi connectivity index (χ3v) is 11.2. The van der Waals surface area contributed by atoms with Crippen molar-refractivity contribution in [3.63, 3.8) is 0 Å². The van der Waals surface area contributed by atoms with Gasteiger partial charge in [0.1, 0.15) is 29.1 Å². The van der Waals surface area contributed by atoms with E-state index in [9.17, 15) is 36.4 Å². The van der Waals surface area contributed by atoms with E-state index in [2.05, 4.69) is 36.0 Å². The number of nitrogens with one attached hydrogen (secondary N) is 3. The van der Waals surface area contributed by atoms with Crippen molar-refractivity contribution in [2.75, 3.05) is 13.7 Å². The number of aromatic nitrogens is 6. The van der Waals surface area contributed by atoms with E-state index >= 15 is 0 Å². The number of alkyl halides is 2. The van der Waals surface area contributed by atoms with Crippen molar-refractivity contribution < 1.29 is 41.1 Å². The van der Waals surface area contributed by atoms with E-state index in [0.717, 1.165) is 0 Å². The summed E-state index contributed by atoms with van der Waals surface area (Å²) in [5.74, 6) is -4.45. The second kappa shape index (κ2) is 13.8. The summed E-state index contributed by atoms with van der Waals surface area (Å²) < 4.78 is 60.3. The summed E-state index contributed by atoms with van der Waals surface area (Å²) in [4.78, 5) is 65.3. The molecule has 3 aromatic rings. The van der Waals surface area contributed by atoms with Crippen LogP contribution >= 0.6 is 0 Å². The molecule has 3 N–H and O–H groups in total. The summed E-state index contributed by atoms with van der Waals surface area (Å²) in [5, 5.41) is 17.0. The number of sulfonamides is 1. The first-order valence-electron chi connectivity index (χ1n) is 16.5. The summed E-state index contributed by atoms with van der Waals surface area (Å²) in [6.07, 6.45) is 0.846. The molecular weight excluding hydrogens is 706 g/mol. The minimum atomic E-state index is -4.13. The minimum absolute atomic E-state index is 0.0584. The van der Waals surface area contributed by atoms with Gasteiger partial charge in [0.2, 0.25) is 34.1 Å². The molecule has 0 spiro atoms. The fraction of sp³-hybridized carbons (Fsp3) is 0.531. The van der Waals surface area contributed by atoms with Crippen LogP contribution in [0.5, 0.6) is 5.75 Å². The lowest BCUT2D eigenvalue weighted by Crippen LogP contribution is -2.60. The second-order valence-corrected chi connectivity index (χ2v) is 16.2. The average Bonchev–Trinajstić information content (AvgIpc) is 3.99. The fourth-order valence-corrected chi connectivity index (χ4v) is 7.55. The maximum absolute atomic E-state index is 14.4. The molecule has 0 bridgehead atoms. The van der Waals surface area contributed by atoms with Crippen molar-refractivity contribution in [2.45, 2.75) is 81.8 Å². The van der Waals surface area contributed by atoms with Gasteiger partial charge in [0, 0.05) is 30.9 Å². The average molecular weight is 745 g/mol. The van der Waals surface area contributed by atoms with Crippen molar-refractivity contribution in [2.24, 2.45) is 11.3 Å². The number of benzene rings is 1. The number of halogens is 2. The third kappa shape index (κ3) is 7.42. The molecule has 5 atom stereocenters. The van der Waals surface area contributed by atoms with Crippen LogP contribution in [0.4, 0.5) is 8.78 Å². The predicted molar refractivity (Wildman–Crippen MR) is 177 cm³/mol. The van der Waals surface area contributed by atoms with E-state index < -0.39 is 86.7 Å². The van der Waals surface area contributed by atoms with Crippen LogP contribution in [0.1, 0.15) is 63.0 Å². The van der Waals surface area contributed by atoms with Gasteiger partial charge in [-0.05, 0) is 54.2 Å². The molecule has 1 aromatic carbocycles. The predicted octanol–water partition coefficient (Wildman–Crippen LogP) is 0.874. The maximum atomic E-state index is 14.4. The second-order valence-electron chi connectivity index (χ2n) is 14.2. The van der Waals surface area contributed by atoms with Crippen molar-refractivity contribution in [1.29, 1.82) is 0 Å². The van der Waals surface area contributed by atoms with Gasteiger partial charge in [-0.2, -0.15) is 4.80 Å². The third-order valence-electron chi connectivity index (χ3n) is 9.42. The Kier molecular flexibility index (Phi) is 9.71. The van der Waals surface area contributed by atoms with Crippen molar-refractivity contribution >= 4 is 33.7 Å². The SMILES string of the molecule is COc1ccc(-c2nnn([C@@H]3CC(C(=O)N[C@]4(C(=O)NS(=O)(=O)C5CC5)C[C@H]4C(F)F)N(C(=O)[C@@H](NC(=O)c4cnccn4)C(C)(C)C)C3)n2)cc1. The normalized spacial score (nSPS) is 23.5. The highest BCUT2D eigenvalue weighted by Crippen LogP contribution is 2.48. The van der Waals surface area contributed by atoms with Crippen molar-refractivity contribution in [3.05, 3.63) is 48.5 Å². The molecule has 4 amide bonds. The fourth-order valence-electron chi connectivity index (χ4n) is 6.18. The highest BCUT2D eigenvalue weighted by atomic mass is 32.2. The molecule has 1 aliphatic heterocycles. The zero-order valence-electron chi connectivity index (χ0n) is 28.7. The molecule has 2 aromatic heterocycles. The Bertz CT molecular complexity index is 1950. The van der Waals surface area contributed by atoms with Crippen LogP contribution in [-0.4, -0.2) is 110 Å². The molecule has 278 valence electrons. The summed E-state index contributed by atoms with van der Waals surface area (Å²) in [7, 11) is -2.61. The lowest BCUT2D eigenvalue weighted by atomic mass is 9.85. The lowest BCUT2D eigenvalue weighted by Gasteiger charge is -2.35. The molecule has 2 aliphatic carbocycles. The van der Waals surface area contributed by atoms with E-state index in [1.165, 1.54) is 35.4 Å². The van der Waals surface area contributed by atoms with Crippen LogP contribution in [0.3, 0.4) is 0 Å². The first-order chi connectivity index (χ1) is 24.5.